The van der Waals surface area contributed by atoms with Crippen LogP contribution in [0.15, 0.2) is 34.8 Å². The third-order valence-electron chi connectivity index (χ3n) is 4.07. The lowest BCUT2D eigenvalue weighted by Gasteiger charge is -2.20. The minimum absolute atomic E-state index is 0.0367. The Kier molecular flexibility index (Phi) is 8.47. The van der Waals surface area contributed by atoms with Crippen LogP contribution in [0.5, 0.6) is 0 Å². The Labute approximate surface area is 168 Å². The van der Waals surface area contributed by atoms with E-state index < -0.39 is 22.8 Å². The molecule has 0 amide bonds. The van der Waals surface area contributed by atoms with Crippen LogP contribution in [0.25, 0.3) is 5.70 Å². The molecule has 1 unspecified atom stereocenters. The number of ether oxygens (including phenoxy) is 3. The minimum Gasteiger partial charge on any atom is -0.463 e. The summed E-state index contributed by atoms with van der Waals surface area (Å²) in [4.78, 5) is 39.5. The lowest BCUT2D eigenvalue weighted by atomic mass is 9.93. The molecular weight excluding hydrogens is 380 g/mol. The number of carbonyl (C=O) groups excluding carboxylic acids is 2. The smallest absolute Gasteiger partial charge is 0.336 e. The number of non-ortho nitro benzene ring substituents is 1. The molecule has 1 aliphatic heterocycles. The van der Waals surface area contributed by atoms with Gasteiger partial charge in [-0.2, -0.15) is 0 Å². The van der Waals surface area contributed by atoms with Crippen molar-refractivity contribution in [3.05, 3.63) is 45.5 Å². The second-order valence-electron chi connectivity index (χ2n) is 6.22. The molecule has 0 N–H and O–H groups in total. The number of hydrogen-bond donors (Lipinski definition) is 0. The maximum Gasteiger partial charge on any atom is 0.336 e. The van der Waals surface area contributed by atoms with Gasteiger partial charge >= 0.3 is 11.9 Å². The maximum atomic E-state index is 12.4. The summed E-state index contributed by atoms with van der Waals surface area (Å²) in [5.74, 6) is -1.88. The van der Waals surface area contributed by atoms with Crippen molar-refractivity contribution < 1.29 is 28.7 Å². The Morgan fingerprint density at radius 2 is 2.00 bits per heavy atom. The van der Waals surface area contributed by atoms with Gasteiger partial charge in [0.25, 0.3) is 5.69 Å². The molecule has 0 aromatic heterocycles. The van der Waals surface area contributed by atoms with Crippen LogP contribution in [0.2, 0.25) is 0 Å². The first-order valence-electron chi connectivity index (χ1n) is 9.41. The summed E-state index contributed by atoms with van der Waals surface area (Å²) in [6, 6.07) is 5.80. The Morgan fingerprint density at radius 1 is 1.21 bits per heavy atom. The van der Waals surface area contributed by atoms with E-state index in [1.807, 2.05) is 6.92 Å². The van der Waals surface area contributed by atoms with Gasteiger partial charge in [-0.15, -0.1) is 0 Å². The summed E-state index contributed by atoms with van der Waals surface area (Å²) in [5, 5.41) is 11.0. The zero-order chi connectivity index (χ0) is 21.2. The van der Waals surface area contributed by atoms with Crippen molar-refractivity contribution in [3.8, 4) is 0 Å². The lowest BCUT2D eigenvalue weighted by molar-refractivity contribution is -0.384. The highest BCUT2D eigenvalue weighted by Gasteiger charge is 2.30. The number of hydrogen-bond acceptors (Lipinski definition) is 8. The predicted octanol–water partition coefficient (Wildman–Crippen LogP) is 2.93. The third kappa shape index (κ3) is 6.21. The Balaban J connectivity index is 2.19. The molecule has 0 aliphatic carbocycles. The van der Waals surface area contributed by atoms with Crippen molar-refractivity contribution >= 4 is 29.5 Å². The summed E-state index contributed by atoms with van der Waals surface area (Å²) in [7, 11) is 0. The van der Waals surface area contributed by atoms with Crippen LogP contribution >= 0.6 is 0 Å². The molecule has 9 heteroatoms. The van der Waals surface area contributed by atoms with Crippen LogP contribution in [0, 0.1) is 16.0 Å². The number of carbonyl (C=O) groups is 2. The molecule has 2 rings (SSSR count). The molecule has 1 aliphatic rings. The Morgan fingerprint density at radius 3 is 2.69 bits per heavy atom. The van der Waals surface area contributed by atoms with Crippen molar-refractivity contribution in [2.75, 3.05) is 26.4 Å². The Hall–Kier alpha value is -3.07. The van der Waals surface area contributed by atoms with E-state index in [1.165, 1.54) is 24.4 Å². The summed E-state index contributed by atoms with van der Waals surface area (Å²) in [6.07, 6.45) is 2.30. The SMILES string of the molecule is CCCOCCOC(=O)C1C=NC(c2cccc([N+](=O)[O-])c2)=C(C(=O)OCC)C1. The van der Waals surface area contributed by atoms with Gasteiger partial charge < -0.3 is 14.2 Å². The van der Waals surface area contributed by atoms with E-state index in [2.05, 4.69) is 4.99 Å². The summed E-state index contributed by atoms with van der Waals surface area (Å²) in [6.45, 7) is 4.79. The van der Waals surface area contributed by atoms with Crippen LogP contribution in [0.3, 0.4) is 0 Å². The highest BCUT2D eigenvalue weighted by Crippen LogP contribution is 2.31. The highest BCUT2D eigenvalue weighted by atomic mass is 16.6. The first-order valence-corrected chi connectivity index (χ1v) is 9.41. The number of nitro benzene ring substituents is 1. The van der Waals surface area contributed by atoms with Crippen molar-refractivity contribution in [3.63, 3.8) is 0 Å². The zero-order valence-electron chi connectivity index (χ0n) is 16.5. The second kappa shape index (κ2) is 11.1. The summed E-state index contributed by atoms with van der Waals surface area (Å²) < 4.78 is 15.5. The summed E-state index contributed by atoms with van der Waals surface area (Å²) in [5.41, 5.74) is 0.710. The molecule has 1 atom stereocenters. The van der Waals surface area contributed by atoms with Crippen LogP contribution in [0.1, 0.15) is 32.3 Å². The fourth-order valence-electron chi connectivity index (χ4n) is 2.72. The number of rotatable bonds is 10. The van der Waals surface area contributed by atoms with Gasteiger partial charge in [-0.3, -0.25) is 19.9 Å². The zero-order valence-corrected chi connectivity index (χ0v) is 16.5. The van der Waals surface area contributed by atoms with E-state index in [9.17, 15) is 19.7 Å². The molecular formula is C20H24N2O7. The van der Waals surface area contributed by atoms with Gasteiger partial charge in [0.1, 0.15) is 6.61 Å². The van der Waals surface area contributed by atoms with Crippen molar-refractivity contribution in [1.29, 1.82) is 0 Å². The molecule has 1 aromatic rings. The highest BCUT2D eigenvalue weighted by molar-refractivity contribution is 6.04. The molecule has 0 radical (unpaired) electrons. The molecule has 0 fully saturated rings. The summed E-state index contributed by atoms with van der Waals surface area (Å²) >= 11 is 0. The molecule has 1 heterocycles. The average Bonchev–Trinajstić information content (AvgIpc) is 2.73. The third-order valence-corrected chi connectivity index (χ3v) is 4.07. The van der Waals surface area contributed by atoms with Crippen LogP contribution in [-0.4, -0.2) is 49.5 Å². The minimum atomic E-state index is -0.747. The van der Waals surface area contributed by atoms with E-state index >= 15 is 0 Å². The molecule has 29 heavy (non-hydrogen) atoms. The number of nitrogens with zero attached hydrogens (tertiary/aromatic N) is 2. The maximum absolute atomic E-state index is 12.4. The number of aliphatic imine (C=N–C) groups is 1. The van der Waals surface area contributed by atoms with Gasteiger partial charge in [0.05, 0.1) is 35.3 Å². The van der Waals surface area contributed by atoms with Gasteiger partial charge in [0.15, 0.2) is 0 Å². The van der Waals surface area contributed by atoms with E-state index in [4.69, 9.17) is 14.2 Å². The van der Waals surface area contributed by atoms with E-state index in [0.29, 0.717) is 18.8 Å². The van der Waals surface area contributed by atoms with Gasteiger partial charge in [-0.25, -0.2) is 4.79 Å². The van der Waals surface area contributed by atoms with Crippen molar-refractivity contribution in [2.24, 2.45) is 10.9 Å². The van der Waals surface area contributed by atoms with E-state index in [1.54, 1.807) is 13.0 Å². The van der Waals surface area contributed by atoms with Crippen molar-refractivity contribution in [2.45, 2.75) is 26.7 Å². The molecule has 9 nitrogen and oxygen atoms in total. The number of esters is 2. The normalized spacial score (nSPS) is 15.9. The average molecular weight is 404 g/mol. The lowest BCUT2D eigenvalue weighted by Crippen LogP contribution is -2.26. The fraction of sp³-hybridized carbons (Fsp3) is 0.450. The largest absolute Gasteiger partial charge is 0.463 e. The van der Waals surface area contributed by atoms with Gasteiger partial charge in [-0.1, -0.05) is 19.1 Å². The van der Waals surface area contributed by atoms with Crippen molar-refractivity contribution in [1.82, 2.24) is 0 Å². The van der Waals surface area contributed by atoms with Crippen LogP contribution < -0.4 is 0 Å². The quantitative estimate of drug-likeness (QED) is 0.255. The van der Waals surface area contributed by atoms with E-state index in [-0.39, 0.29) is 36.6 Å². The molecule has 0 saturated heterocycles. The number of nitro groups is 1. The molecule has 0 saturated carbocycles. The van der Waals surface area contributed by atoms with Gasteiger partial charge in [0.2, 0.25) is 0 Å². The second-order valence-corrected chi connectivity index (χ2v) is 6.22. The van der Waals surface area contributed by atoms with E-state index in [0.717, 1.165) is 6.42 Å². The monoisotopic (exact) mass is 404 g/mol. The Bertz CT molecular complexity index is 817. The molecule has 0 bridgehead atoms. The fourth-order valence-corrected chi connectivity index (χ4v) is 2.72. The predicted molar refractivity (Wildman–Crippen MR) is 105 cm³/mol. The number of benzene rings is 1. The molecule has 0 spiro atoms. The molecule has 156 valence electrons. The topological polar surface area (TPSA) is 117 Å². The molecule has 1 aromatic carbocycles. The standard InChI is InChI=1S/C20H24N2O7/c1-3-8-27-9-10-29-19(23)15-12-17(20(24)28-4-2)18(21-13-15)14-6-5-7-16(11-14)22(25)26/h5-7,11,13,15H,3-4,8-10,12H2,1-2H3. The van der Waals surface area contributed by atoms with Crippen LogP contribution in [0.4, 0.5) is 5.69 Å². The first kappa shape index (κ1) is 22.2. The van der Waals surface area contributed by atoms with Crippen LogP contribution in [-0.2, 0) is 23.8 Å². The van der Waals surface area contributed by atoms with Gasteiger partial charge in [0, 0.05) is 30.5 Å². The van der Waals surface area contributed by atoms with Gasteiger partial charge in [-0.05, 0) is 19.8 Å². The first-order chi connectivity index (χ1) is 14.0.